The summed E-state index contributed by atoms with van der Waals surface area (Å²) in [6, 6.07) is 8.38. The number of rotatable bonds is 5. The van der Waals surface area contributed by atoms with Crippen molar-refractivity contribution in [2.75, 3.05) is 5.32 Å². The van der Waals surface area contributed by atoms with E-state index in [1.54, 1.807) is 6.07 Å². The van der Waals surface area contributed by atoms with Gasteiger partial charge in [-0.1, -0.05) is 31.5 Å². The van der Waals surface area contributed by atoms with Gasteiger partial charge in [-0.25, -0.2) is 0 Å². The van der Waals surface area contributed by atoms with Gasteiger partial charge in [0.2, 0.25) is 0 Å². The Kier molecular flexibility index (Phi) is 5.95. The lowest BCUT2D eigenvalue weighted by Gasteiger charge is -2.16. The van der Waals surface area contributed by atoms with E-state index in [4.69, 9.17) is 11.6 Å². The Labute approximate surface area is 148 Å². The van der Waals surface area contributed by atoms with Crippen molar-refractivity contribution in [2.45, 2.75) is 33.1 Å². The first-order valence-corrected chi connectivity index (χ1v) is 8.10. The molecule has 2 rings (SSSR count). The monoisotopic (exact) mass is 371 g/mol. The highest BCUT2D eigenvalue weighted by Gasteiger charge is 2.31. The molecule has 3 nitrogen and oxygen atoms in total. The second-order valence-electron chi connectivity index (χ2n) is 5.29. The first kappa shape index (κ1) is 19.1. The highest BCUT2D eigenvalue weighted by molar-refractivity contribution is 6.32. The Bertz CT molecular complexity index is 758. The Hall–Kier alpha value is -2.21. The van der Waals surface area contributed by atoms with Gasteiger partial charge in [0.25, 0.3) is 5.91 Å². The lowest BCUT2D eigenvalue weighted by atomic mass is 10.0. The minimum absolute atomic E-state index is 0.221. The van der Waals surface area contributed by atoms with Crippen LogP contribution in [0.1, 0.15) is 35.3 Å². The number of hydrogen-bond donors (Lipinski definition) is 1. The van der Waals surface area contributed by atoms with Gasteiger partial charge in [-0.2, -0.15) is 0 Å². The topological polar surface area (TPSA) is 38.3 Å². The lowest BCUT2D eigenvalue weighted by molar-refractivity contribution is -0.274. The van der Waals surface area contributed by atoms with Crippen molar-refractivity contribution in [3.8, 4) is 5.75 Å². The van der Waals surface area contributed by atoms with E-state index in [1.165, 1.54) is 12.1 Å². The van der Waals surface area contributed by atoms with E-state index in [1.807, 2.05) is 19.9 Å². The third kappa shape index (κ3) is 4.89. The van der Waals surface area contributed by atoms with Crippen molar-refractivity contribution >= 4 is 23.2 Å². The molecule has 0 radical (unpaired) electrons. The maximum atomic E-state index is 12.4. The number of carbonyl (C=O) groups is 1. The van der Waals surface area contributed by atoms with Crippen LogP contribution in [0, 0.1) is 0 Å². The van der Waals surface area contributed by atoms with Crippen LogP contribution in [0.2, 0.25) is 5.02 Å². The van der Waals surface area contributed by atoms with Gasteiger partial charge in [-0.05, 0) is 54.3 Å². The number of aryl methyl sites for hydroxylation is 1. The molecule has 0 spiro atoms. The van der Waals surface area contributed by atoms with Gasteiger partial charge < -0.3 is 10.1 Å². The molecule has 25 heavy (non-hydrogen) atoms. The molecule has 0 heterocycles. The maximum Gasteiger partial charge on any atom is 0.573 e. The van der Waals surface area contributed by atoms with E-state index in [9.17, 15) is 18.0 Å². The molecule has 0 aliphatic rings. The molecule has 0 saturated carbocycles. The van der Waals surface area contributed by atoms with Crippen LogP contribution < -0.4 is 10.1 Å². The van der Waals surface area contributed by atoms with E-state index in [0.29, 0.717) is 23.6 Å². The summed E-state index contributed by atoms with van der Waals surface area (Å²) in [5.74, 6) is -0.805. The van der Waals surface area contributed by atoms with Crippen LogP contribution in [-0.4, -0.2) is 12.3 Å². The minimum atomic E-state index is -4.77. The Morgan fingerprint density at radius 2 is 1.72 bits per heavy atom. The molecular formula is C18H17ClF3NO2. The first-order chi connectivity index (χ1) is 11.7. The van der Waals surface area contributed by atoms with Crippen LogP contribution in [0.4, 0.5) is 18.9 Å². The molecule has 0 atom stereocenters. The number of amides is 1. The summed E-state index contributed by atoms with van der Waals surface area (Å²) in [4.78, 5) is 12.4. The number of anilines is 1. The van der Waals surface area contributed by atoms with Crippen LogP contribution in [0.3, 0.4) is 0 Å². The van der Waals surface area contributed by atoms with E-state index in [-0.39, 0.29) is 11.3 Å². The SMILES string of the molecule is CCc1ccc(Cl)c(CC)c1NC(=O)c1ccc(OC(F)(F)F)cc1. The summed E-state index contributed by atoms with van der Waals surface area (Å²) in [6.45, 7) is 3.89. The average molecular weight is 372 g/mol. The Morgan fingerprint density at radius 3 is 2.24 bits per heavy atom. The highest BCUT2D eigenvalue weighted by Crippen LogP contribution is 2.30. The quantitative estimate of drug-likeness (QED) is 0.741. The number of hydrogen-bond acceptors (Lipinski definition) is 2. The molecule has 1 N–H and O–H groups in total. The van der Waals surface area contributed by atoms with Crippen molar-refractivity contribution < 1.29 is 22.7 Å². The molecule has 0 fully saturated rings. The Morgan fingerprint density at radius 1 is 1.08 bits per heavy atom. The molecule has 1 amide bonds. The third-order valence-electron chi connectivity index (χ3n) is 3.67. The molecule has 134 valence electrons. The van der Waals surface area contributed by atoms with Crippen LogP contribution in [-0.2, 0) is 12.8 Å². The number of halogens is 4. The fourth-order valence-electron chi connectivity index (χ4n) is 2.46. The molecule has 0 saturated heterocycles. The second kappa shape index (κ2) is 7.78. The van der Waals surface area contributed by atoms with E-state index >= 15 is 0 Å². The second-order valence-corrected chi connectivity index (χ2v) is 5.70. The van der Waals surface area contributed by atoms with E-state index in [2.05, 4.69) is 10.1 Å². The fourth-order valence-corrected chi connectivity index (χ4v) is 2.75. The molecule has 0 bridgehead atoms. The normalized spacial score (nSPS) is 11.3. The van der Waals surface area contributed by atoms with Crippen molar-refractivity contribution in [2.24, 2.45) is 0 Å². The van der Waals surface area contributed by atoms with Gasteiger partial charge in [-0.15, -0.1) is 13.2 Å². The van der Waals surface area contributed by atoms with Crippen LogP contribution in [0.25, 0.3) is 0 Å². The largest absolute Gasteiger partial charge is 0.573 e. The summed E-state index contributed by atoms with van der Waals surface area (Å²) in [5.41, 5.74) is 2.63. The minimum Gasteiger partial charge on any atom is -0.406 e. The van der Waals surface area contributed by atoms with Crippen molar-refractivity contribution in [1.82, 2.24) is 0 Å². The summed E-state index contributed by atoms with van der Waals surface area (Å²) in [5, 5.41) is 3.38. The molecule has 0 aliphatic carbocycles. The molecule has 0 aromatic heterocycles. The summed E-state index contributed by atoms with van der Waals surface area (Å²) >= 11 is 6.20. The summed E-state index contributed by atoms with van der Waals surface area (Å²) in [6.07, 6.45) is -3.42. The first-order valence-electron chi connectivity index (χ1n) is 7.72. The fraction of sp³-hybridized carbons (Fsp3) is 0.278. The molecule has 7 heteroatoms. The van der Waals surface area contributed by atoms with Crippen molar-refractivity contribution in [3.05, 3.63) is 58.1 Å². The van der Waals surface area contributed by atoms with Gasteiger partial charge in [0.15, 0.2) is 0 Å². The van der Waals surface area contributed by atoms with E-state index in [0.717, 1.165) is 23.3 Å². The maximum absolute atomic E-state index is 12.4. The molecular weight excluding hydrogens is 355 g/mol. The van der Waals surface area contributed by atoms with Gasteiger partial charge in [0, 0.05) is 16.3 Å². The molecule has 0 unspecified atom stereocenters. The van der Waals surface area contributed by atoms with Gasteiger partial charge in [0.1, 0.15) is 5.75 Å². The molecule has 2 aromatic rings. The van der Waals surface area contributed by atoms with Gasteiger partial charge in [0.05, 0.1) is 0 Å². The molecule has 2 aromatic carbocycles. The van der Waals surface area contributed by atoms with Gasteiger partial charge in [-0.3, -0.25) is 4.79 Å². The number of benzene rings is 2. The number of carbonyl (C=O) groups excluding carboxylic acids is 1. The number of ether oxygens (including phenoxy) is 1. The number of alkyl halides is 3. The number of nitrogens with one attached hydrogen (secondary N) is 1. The molecule has 0 aliphatic heterocycles. The predicted octanol–water partition coefficient (Wildman–Crippen LogP) is 5.62. The highest BCUT2D eigenvalue weighted by atomic mass is 35.5. The zero-order valence-corrected chi connectivity index (χ0v) is 14.5. The van der Waals surface area contributed by atoms with Crippen molar-refractivity contribution in [1.29, 1.82) is 0 Å². The van der Waals surface area contributed by atoms with Crippen molar-refractivity contribution in [3.63, 3.8) is 0 Å². The zero-order valence-electron chi connectivity index (χ0n) is 13.7. The summed E-state index contributed by atoms with van der Waals surface area (Å²) < 4.78 is 40.3. The third-order valence-corrected chi connectivity index (χ3v) is 4.02. The zero-order chi connectivity index (χ0) is 18.6. The van der Waals surface area contributed by atoms with Crippen LogP contribution in [0.15, 0.2) is 36.4 Å². The Balaban J connectivity index is 2.24. The van der Waals surface area contributed by atoms with Crippen LogP contribution >= 0.6 is 11.6 Å². The van der Waals surface area contributed by atoms with E-state index < -0.39 is 12.3 Å². The lowest BCUT2D eigenvalue weighted by Crippen LogP contribution is -2.18. The standard InChI is InChI=1S/C18H17ClF3NO2/c1-3-11-7-10-15(19)14(4-2)16(11)23-17(24)12-5-8-13(9-6-12)25-18(20,21)22/h5-10H,3-4H2,1-2H3,(H,23,24). The van der Waals surface area contributed by atoms with Gasteiger partial charge >= 0.3 is 6.36 Å². The predicted molar refractivity (Wildman–Crippen MR) is 91.3 cm³/mol. The average Bonchev–Trinajstić information content (AvgIpc) is 2.54. The summed E-state index contributed by atoms with van der Waals surface area (Å²) in [7, 11) is 0. The van der Waals surface area contributed by atoms with Crippen LogP contribution in [0.5, 0.6) is 5.75 Å². The smallest absolute Gasteiger partial charge is 0.406 e.